The van der Waals surface area contributed by atoms with Crippen LogP contribution in [-0.4, -0.2) is 37.2 Å². The highest BCUT2D eigenvalue weighted by molar-refractivity contribution is 5.71. The summed E-state index contributed by atoms with van der Waals surface area (Å²) in [6, 6.07) is 0. The van der Waals surface area contributed by atoms with Crippen molar-refractivity contribution in [2.24, 2.45) is 0 Å². The van der Waals surface area contributed by atoms with Crippen molar-refractivity contribution in [3.8, 4) is 0 Å². The molecule has 0 saturated carbocycles. The minimum absolute atomic E-state index is 0.128. The summed E-state index contributed by atoms with van der Waals surface area (Å²) in [7, 11) is 0. The molecule has 0 aromatic carbocycles. The molecule has 0 amide bonds. The fourth-order valence-corrected chi connectivity index (χ4v) is 5.73. The van der Waals surface area contributed by atoms with E-state index in [1.807, 2.05) is 54.7 Å². The van der Waals surface area contributed by atoms with Gasteiger partial charge in [-0.1, -0.05) is 199 Å². The third-order valence-corrected chi connectivity index (χ3v) is 9.28. The number of ether oxygens (including phenoxy) is 3. The molecule has 0 radical (unpaired) electrons. The highest BCUT2D eigenvalue weighted by Crippen LogP contribution is 2.11. The van der Waals surface area contributed by atoms with E-state index in [1.54, 1.807) is 0 Å². The highest BCUT2D eigenvalue weighted by Gasteiger charge is 2.19. The molecule has 0 aliphatic rings. The third-order valence-electron chi connectivity index (χ3n) is 9.28. The summed E-state index contributed by atoms with van der Waals surface area (Å²) in [5, 5.41) is 0. The second kappa shape index (κ2) is 48.2. The normalized spacial score (nSPS) is 13.3. The Morgan fingerprint density at radius 1 is 0.361 bits per heavy atom. The second-order valence-electron chi connectivity index (χ2n) is 15.0. The fraction of sp³-hybridized carbons (Fsp3) is 0.545. The molecule has 0 heterocycles. The molecule has 0 aliphatic heterocycles. The molecule has 1 unspecified atom stereocenters. The van der Waals surface area contributed by atoms with Crippen LogP contribution in [0.3, 0.4) is 0 Å². The van der Waals surface area contributed by atoms with Gasteiger partial charge in [-0.2, -0.15) is 0 Å². The molecule has 6 heteroatoms. The molecule has 0 spiro atoms. The maximum atomic E-state index is 12.7. The lowest BCUT2D eigenvalue weighted by molar-refractivity contribution is -0.167. The average Bonchev–Trinajstić information content (AvgIpc) is 3.26. The Morgan fingerprint density at radius 3 is 1.28 bits per heavy atom. The van der Waals surface area contributed by atoms with E-state index in [1.165, 1.54) is 25.7 Å². The predicted molar refractivity (Wildman–Crippen MR) is 260 cm³/mol. The van der Waals surface area contributed by atoms with Crippen molar-refractivity contribution in [1.29, 1.82) is 0 Å². The number of carbonyl (C=O) groups excluding carboxylic acids is 3. The van der Waals surface area contributed by atoms with Crippen LogP contribution in [0.4, 0.5) is 0 Å². The molecule has 0 aromatic rings. The summed E-state index contributed by atoms with van der Waals surface area (Å²) in [6.45, 7) is 6.19. The Kier molecular flexibility index (Phi) is 44.7. The fourth-order valence-electron chi connectivity index (χ4n) is 5.73. The average molecular weight is 841 g/mol. The van der Waals surface area contributed by atoms with Crippen LogP contribution in [0, 0.1) is 0 Å². The lowest BCUT2D eigenvalue weighted by atomic mass is 10.1. The highest BCUT2D eigenvalue weighted by atomic mass is 16.6. The van der Waals surface area contributed by atoms with Crippen LogP contribution in [0.1, 0.15) is 175 Å². The summed E-state index contributed by atoms with van der Waals surface area (Å²) in [5.74, 6) is -1.06. The molecule has 0 bridgehead atoms. The number of hydrogen-bond acceptors (Lipinski definition) is 6. The van der Waals surface area contributed by atoms with Crippen LogP contribution in [0.2, 0.25) is 0 Å². The van der Waals surface area contributed by atoms with E-state index >= 15 is 0 Å². The number of allylic oxidation sites excluding steroid dienone is 22. The molecule has 0 aliphatic carbocycles. The van der Waals surface area contributed by atoms with Crippen LogP contribution in [-0.2, 0) is 28.6 Å². The van der Waals surface area contributed by atoms with E-state index in [9.17, 15) is 14.4 Å². The summed E-state index contributed by atoms with van der Waals surface area (Å²) in [4.78, 5) is 37.8. The largest absolute Gasteiger partial charge is 0.462 e. The molecule has 0 saturated heterocycles. The van der Waals surface area contributed by atoms with Gasteiger partial charge in [-0.25, -0.2) is 0 Å². The summed E-state index contributed by atoms with van der Waals surface area (Å²) >= 11 is 0. The standard InChI is InChI=1S/C55H84O6/c1-4-7-10-13-16-19-22-24-25-26-27-28-29-31-33-36-39-42-45-48-54(57)60-51-52(50-59-53(56)47-44-41-38-35-32-21-18-15-12-9-6-3)61-55(58)49-46-43-40-37-34-30-23-20-17-14-11-8-5-2/h7-8,10-11,14-21,23-25,27-28,30,32,34,37,40,52H,4-6,9,12-13,22,26,29,31,33,35-36,38-39,41-51H2,1-3H3/b10-7-,11-8-,17-14-,18-15-,19-16-,23-20-,25-24-,28-27-,32-21-,34-30-,40-37-. The van der Waals surface area contributed by atoms with Crippen molar-refractivity contribution in [2.45, 2.75) is 181 Å². The van der Waals surface area contributed by atoms with E-state index in [-0.39, 0.29) is 31.6 Å². The van der Waals surface area contributed by atoms with Crippen LogP contribution in [0.25, 0.3) is 0 Å². The van der Waals surface area contributed by atoms with E-state index in [4.69, 9.17) is 14.2 Å². The van der Waals surface area contributed by atoms with Gasteiger partial charge >= 0.3 is 17.9 Å². The predicted octanol–water partition coefficient (Wildman–Crippen LogP) is 15.5. The topological polar surface area (TPSA) is 78.9 Å². The van der Waals surface area contributed by atoms with E-state index < -0.39 is 12.1 Å². The Balaban J connectivity index is 4.53. The van der Waals surface area contributed by atoms with E-state index in [2.05, 4.69) is 99.8 Å². The monoisotopic (exact) mass is 841 g/mol. The van der Waals surface area contributed by atoms with Crippen molar-refractivity contribution >= 4 is 17.9 Å². The van der Waals surface area contributed by atoms with Crippen LogP contribution < -0.4 is 0 Å². The van der Waals surface area contributed by atoms with Crippen LogP contribution in [0.5, 0.6) is 0 Å². The second-order valence-corrected chi connectivity index (χ2v) is 15.0. The molecular weight excluding hydrogens is 757 g/mol. The van der Waals surface area contributed by atoms with Crippen molar-refractivity contribution in [2.75, 3.05) is 13.2 Å². The SMILES string of the molecule is CC\C=C/C=C\C=C/C=C\C=C/CCCC(=O)OC(COC(=O)CCCCC/C=C\C=C/CCCC)COC(=O)CCCCCCCC/C=C\C/C=C\C/C=C\C/C=C\CC. The number of carbonyl (C=O) groups is 3. The maximum absolute atomic E-state index is 12.7. The minimum Gasteiger partial charge on any atom is -0.462 e. The van der Waals surface area contributed by atoms with Crippen molar-refractivity contribution in [3.63, 3.8) is 0 Å². The van der Waals surface area contributed by atoms with Gasteiger partial charge < -0.3 is 14.2 Å². The summed E-state index contributed by atoms with van der Waals surface area (Å²) in [6.07, 6.45) is 67.3. The Morgan fingerprint density at radius 2 is 0.738 bits per heavy atom. The summed E-state index contributed by atoms with van der Waals surface area (Å²) in [5.41, 5.74) is 0. The van der Waals surface area contributed by atoms with Gasteiger partial charge in [0.05, 0.1) is 0 Å². The smallest absolute Gasteiger partial charge is 0.306 e. The maximum Gasteiger partial charge on any atom is 0.306 e. The van der Waals surface area contributed by atoms with E-state index in [0.29, 0.717) is 19.3 Å². The lowest BCUT2D eigenvalue weighted by Crippen LogP contribution is -2.30. The molecule has 0 rings (SSSR count). The number of esters is 3. The zero-order valence-corrected chi connectivity index (χ0v) is 38.6. The minimum atomic E-state index is -0.835. The molecule has 0 aromatic heterocycles. The Hall–Kier alpha value is -4.45. The van der Waals surface area contributed by atoms with Gasteiger partial charge in [0.1, 0.15) is 13.2 Å². The van der Waals surface area contributed by atoms with Crippen molar-refractivity contribution in [3.05, 3.63) is 134 Å². The lowest BCUT2D eigenvalue weighted by Gasteiger charge is -2.18. The van der Waals surface area contributed by atoms with Gasteiger partial charge in [-0.15, -0.1) is 0 Å². The molecule has 340 valence electrons. The van der Waals surface area contributed by atoms with Gasteiger partial charge in [-0.05, 0) is 89.9 Å². The van der Waals surface area contributed by atoms with Gasteiger partial charge in [0.2, 0.25) is 0 Å². The first-order valence-electron chi connectivity index (χ1n) is 23.8. The molecule has 6 nitrogen and oxygen atoms in total. The number of unbranched alkanes of at least 4 members (excludes halogenated alkanes) is 12. The molecular formula is C55H84O6. The number of hydrogen-bond donors (Lipinski definition) is 0. The quantitative estimate of drug-likeness (QED) is 0.0201. The Bertz CT molecular complexity index is 1380. The van der Waals surface area contributed by atoms with Gasteiger partial charge in [0.15, 0.2) is 6.10 Å². The number of rotatable bonds is 40. The van der Waals surface area contributed by atoms with Gasteiger partial charge in [0.25, 0.3) is 0 Å². The molecule has 1 atom stereocenters. The van der Waals surface area contributed by atoms with Crippen LogP contribution in [0.15, 0.2) is 134 Å². The van der Waals surface area contributed by atoms with Crippen molar-refractivity contribution in [1.82, 2.24) is 0 Å². The first-order valence-corrected chi connectivity index (χ1v) is 23.8. The van der Waals surface area contributed by atoms with Gasteiger partial charge in [-0.3, -0.25) is 14.4 Å². The molecule has 0 N–H and O–H groups in total. The molecule has 61 heavy (non-hydrogen) atoms. The zero-order valence-electron chi connectivity index (χ0n) is 38.6. The third kappa shape index (κ3) is 46.5. The van der Waals surface area contributed by atoms with Gasteiger partial charge in [0, 0.05) is 19.3 Å². The summed E-state index contributed by atoms with van der Waals surface area (Å²) < 4.78 is 16.6. The Labute approximate surface area is 373 Å². The zero-order chi connectivity index (χ0) is 44.4. The molecule has 0 fully saturated rings. The van der Waals surface area contributed by atoms with Crippen molar-refractivity contribution < 1.29 is 28.6 Å². The first kappa shape index (κ1) is 56.5. The first-order chi connectivity index (χ1) is 30.0. The van der Waals surface area contributed by atoms with E-state index in [0.717, 1.165) is 103 Å². The van der Waals surface area contributed by atoms with Crippen LogP contribution >= 0.6 is 0 Å².